The Morgan fingerprint density at radius 1 is 1.33 bits per heavy atom. The summed E-state index contributed by atoms with van der Waals surface area (Å²) in [5, 5.41) is 2.96. The average Bonchev–Trinajstić information content (AvgIpc) is 2.46. The molecule has 0 spiro atoms. The maximum absolute atomic E-state index is 12.9. The molecule has 2 aliphatic heterocycles. The Kier molecular flexibility index (Phi) is 3.52. The van der Waals surface area contributed by atoms with E-state index in [1.54, 1.807) is 4.90 Å². The number of alkyl halides is 3. The number of rotatable bonds is 1. The first-order chi connectivity index (χ1) is 9.97. The fourth-order valence-corrected chi connectivity index (χ4v) is 2.83. The summed E-state index contributed by atoms with van der Waals surface area (Å²) in [5.74, 6) is 0.349. The molecule has 2 heterocycles. The Balaban J connectivity index is 1.97. The summed E-state index contributed by atoms with van der Waals surface area (Å²) >= 11 is 0. The third-order valence-electron chi connectivity index (χ3n) is 3.85. The van der Waals surface area contributed by atoms with Gasteiger partial charge in [-0.1, -0.05) is 0 Å². The number of carbonyl (C=O) groups is 1. The summed E-state index contributed by atoms with van der Waals surface area (Å²) in [5.41, 5.74) is -0.259. The number of ether oxygens (including phenoxy) is 1. The molecule has 1 amide bonds. The van der Waals surface area contributed by atoms with Crippen LogP contribution in [0.25, 0.3) is 0 Å². The zero-order valence-electron chi connectivity index (χ0n) is 11.2. The molecule has 21 heavy (non-hydrogen) atoms. The Bertz CT molecular complexity index is 560. The molecule has 0 aliphatic carbocycles. The zero-order chi connectivity index (χ0) is 15.0. The van der Waals surface area contributed by atoms with Crippen molar-refractivity contribution in [2.24, 2.45) is 0 Å². The zero-order valence-corrected chi connectivity index (χ0v) is 11.2. The summed E-state index contributed by atoms with van der Waals surface area (Å²) in [6, 6.07) is 3.12. The molecule has 0 bridgehead atoms. The highest BCUT2D eigenvalue weighted by atomic mass is 19.4. The van der Waals surface area contributed by atoms with Crippen molar-refractivity contribution < 1.29 is 22.7 Å². The summed E-state index contributed by atoms with van der Waals surface area (Å²) in [7, 11) is 0. The molecule has 7 heteroatoms. The lowest BCUT2D eigenvalue weighted by Gasteiger charge is -2.38. The van der Waals surface area contributed by atoms with Crippen LogP contribution in [0.4, 0.5) is 13.2 Å². The molecule has 2 aliphatic rings. The van der Waals surface area contributed by atoms with Gasteiger partial charge in [-0.25, -0.2) is 0 Å². The second-order valence-corrected chi connectivity index (χ2v) is 5.17. The Morgan fingerprint density at radius 3 is 2.86 bits per heavy atom. The number of nitrogens with zero attached hydrogens (tertiary/aromatic N) is 1. The van der Waals surface area contributed by atoms with Crippen LogP contribution in [0.3, 0.4) is 0 Å². The molecule has 3 rings (SSSR count). The maximum Gasteiger partial charge on any atom is 0.416 e. The highest BCUT2D eigenvalue weighted by Crippen LogP contribution is 2.40. The van der Waals surface area contributed by atoms with E-state index in [4.69, 9.17) is 4.74 Å². The largest absolute Gasteiger partial charge is 0.493 e. The summed E-state index contributed by atoms with van der Waals surface area (Å²) in [6.45, 7) is 1.78. The van der Waals surface area contributed by atoms with Crippen molar-refractivity contribution in [1.29, 1.82) is 0 Å². The lowest BCUT2D eigenvalue weighted by Crippen LogP contribution is -2.50. The minimum Gasteiger partial charge on any atom is -0.493 e. The topological polar surface area (TPSA) is 41.6 Å². The summed E-state index contributed by atoms with van der Waals surface area (Å²) in [6.07, 6.45) is -3.88. The highest BCUT2D eigenvalue weighted by Gasteiger charge is 2.36. The molecule has 1 fully saturated rings. The molecule has 114 valence electrons. The van der Waals surface area contributed by atoms with E-state index in [-0.39, 0.29) is 18.5 Å². The van der Waals surface area contributed by atoms with Gasteiger partial charge in [0, 0.05) is 25.1 Å². The fraction of sp³-hybridized carbons (Fsp3) is 0.500. The Hall–Kier alpha value is -1.76. The van der Waals surface area contributed by atoms with E-state index in [1.165, 1.54) is 6.07 Å². The second kappa shape index (κ2) is 5.22. The van der Waals surface area contributed by atoms with Crippen LogP contribution in [0.1, 0.15) is 23.6 Å². The van der Waals surface area contributed by atoms with E-state index in [0.717, 1.165) is 12.1 Å². The van der Waals surface area contributed by atoms with Gasteiger partial charge >= 0.3 is 6.18 Å². The third-order valence-corrected chi connectivity index (χ3v) is 3.85. The monoisotopic (exact) mass is 300 g/mol. The quantitative estimate of drug-likeness (QED) is 0.862. The van der Waals surface area contributed by atoms with Crippen LogP contribution in [0.2, 0.25) is 0 Å². The third kappa shape index (κ3) is 2.70. The molecule has 1 N–H and O–H groups in total. The van der Waals surface area contributed by atoms with Crippen molar-refractivity contribution in [3.63, 3.8) is 0 Å². The van der Waals surface area contributed by atoms with Gasteiger partial charge in [0.15, 0.2) is 0 Å². The number of nitrogens with one attached hydrogen (secondary N) is 1. The number of hydrogen-bond donors (Lipinski definition) is 1. The van der Waals surface area contributed by atoms with Crippen LogP contribution < -0.4 is 10.1 Å². The number of halogens is 3. The van der Waals surface area contributed by atoms with Gasteiger partial charge in [0.1, 0.15) is 5.75 Å². The van der Waals surface area contributed by atoms with E-state index in [1.807, 2.05) is 0 Å². The first kappa shape index (κ1) is 14.2. The predicted molar refractivity (Wildman–Crippen MR) is 68.9 cm³/mol. The van der Waals surface area contributed by atoms with Crippen LogP contribution in [-0.4, -0.2) is 37.0 Å². The molecular weight excluding hydrogens is 285 g/mol. The van der Waals surface area contributed by atoms with Gasteiger partial charge in [0.2, 0.25) is 5.91 Å². The Morgan fingerprint density at radius 2 is 2.14 bits per heavy atom. The standard InChI is InChI=1S/C14H15F3N2O2/c15-14(16,17)9-1-2-12-10(7-9)11(3-6-21-12)19-5-4-18-8-13(19)20/h1-2,7,11,18H,3-6,8H2. The van der Waals surface area contributed by atoms with Gasteiger partial charge in [0.25, 0.3) is 0 Å². The molecule has 4 nitrogen and oxygen atoms in total. The van der Waals surface area contributed by atoms with Crippen LogP contribution in [0.15, 0.2) is 18.2 Å². The lowest BCUT2D eigenvalue weighted by molar-refractivity contribution is -0.137. The van der Waals surface area contributed by atoms with Crippen LogP contribution in [0.5, 0.6) is 5.75 Å². The van der Waals surface area contributed by atoms with E-state index in [9.17, 15) is 18.0 Å². The van der Waals surface area contributed by atoms with Crippen molar-refractivity contribution in [3.05, 3.63) is 29.3 Å². The molecule has 1 aromatic rings. The first-order valence-corrected chi connectivity index (χ1v) is 6.81. The number of amides is 1. The van der Waals surface area contributed by atoms with Crippen LogP contribution in [0, 0.1) is 0 Å². The first-order valence-electron chi connectivity index (χ1n) is 6.81. The smallest absolute Gasteiger partial charge is 0.416 e. The van der Waals surface area contributed by atoms with E-state index < -0.39 is 11.7 Å². The Labute approximate surface area is 119 Å². The molecule has 1 unspecified atom stereocenters. The fourth-order valence-electron chi connectivity index (χ4n) is 2.83. The molecule has 0 aromatic heterocycles. The van der Waals surface area contributed by atoms with Gasteiger partial charge in [-0.3, -0.25) is 4.79 Å². The van der Waals surface area contributed by atoms with Crippen molar-refractivity contribution in [1.82, 2.24) is 10.2 Å². The predicted octanol–water partition coefficient (Wildman–Crippen LogP) is 1.96. The molecular formula is C14H15F3N2O2. The van der Waals surface area contributed by atoms with E-state index in [2.05, 4.69) is 5.32 Å². The minimum atomic E-state index is -4.40. The number of fused-ring (bicyclic) bond motifs is 1. The van der Waals surface area contributed by atoms with Crippen molar-refractivity contribution in [2.45, 2.75) is 18.6 Å². The van der Waals surface area contributed by atoms with Gasteiger partial charge in [-0.05, 0) is 18.2 Å². The normalized spacial score (nSPS) is 22.7. The van der Waals surface area contributed by atoms with Gasteiger partial charge < -0.3 is 15.0 Å². The molecule has 0 radical (unpaired) electrons. The SMILES string of the molecule is O=C1CNCCN1C1CCOc2ccc(C(F)(F)F)cc21. The molecule has 1 atom stereocenters. The second-order valence-electron chi connectivity index (χ2n) is 5.17. The van der Waals surface area contributed by atoms with Crippen molar-refractivity contribution in [3.8, 4) is 5.75 Å². The van der Waals surface area contributed by atoms with E-state index >= 15 is 0 Å². The number of piperazine rings is 1. The number of benzene rings is 1. The minimum absolute atomic E-state index is 0.0866. The number of carbonyl (C=O) groups excluding carboxylic acids is 1. The van der Waals surface area contributed by atoms with Crippen molar-refractivity contribution in [2.75, 3.05) is 26.2 Å². The lowest BCUT2D eigenvalue weighted by atomic mass is 9.96. The van der Waals surface area contributed by atoms with Crippen LogP contribution >= 0.6 is 0 Å². The highest BCUT2D eigenvalue weighted by molar-refractivity contribution is 5.79. The molecule has 1 aromatic carbocycles. The van der Waals surface area contributed by atoms with Crippen LogP contribution in [-0.2, 0) is 11.0 Å². The molecule has 1 saturated heterocycles. The summed E-state index contributed by atoms with van der Waals surface area (Å²) < 4.78 is 44.0. The number of hydrogen-bond acceptors (Lipinski definition) is 3. The van der Waals surface area contributed by atoms with Crippen molar-refractivity contribution >= 4 is 5.91 Å². The van der Waals surface area contributed by atoms with Gasteiger partial charge in [0.05, 0.1) is 24.8 Å². The summed E-state index contributed by atoms with van der Waals surface area (Å²) in [4.78, 5) is 13.6. The molecule has 0 saturated carbocycles. The van der Waals surface area contributed by atoms with E-state index in [0.29, 0.717) is 37.4 Å². The van der Waals surface area contributed by atoms with Gasteiger partial charge in [-0.15, -0.1) is 0 Å². The average molecular weight is 300 g/mol. The van der Waals surface area contributed by atoms with Gasteiger partial charge in [-0.2, -0.15) is 13.2 Å². The maximum atomic E-state index is 12.9.